The summed E-state index contributed by atoms with van der Waals surface area (Å²) in [7, 11) is 0. The van der Waals surface area contributed by atoms with Gasteiger partial charge in [-0.3, -0.25) is 9.59 Å². The van der Waals surface area contributed by atoms with E-state index in [2.05, 4.69) is 20.9 Å². The van der Waals surface area contributed by atoms with Crippen molar-refractivity contribution in [3.05, 3.63) is 42.1 Å². The smallest absolute Gasteiger partial charge is 0.407 e. The summed E-state index contributed by atoms with van der Waals surface area (Å²) >= 11 is 8.91. The van der Waals surface area contributed by atoms with Crippen LogP contribution in [-0.2, 0) is 6.54 Å². The summed E-state index contributed by atoms with van der Waals surface area (Å²) in [6.07, 6.45) is -1.04. The summed E-state index contributed by atoms with van der Waals surface area (Å²) in [5.74, 6) is -0.890. The Balaban J connectivity index is 2.09. The minimum atomic E-state index is -1.04. The molecule has 1 fully saturated rings. The molecule has 122 valence electrons. The van der Waals surface area contributed by atoms with Gasteiger partial charge < -0.3 is 19.6 Å². The number of hydrogen-bond acceptors (Lipinski definition) is 3. The molecule has 0 radical (unpaired) electrons. The average molecular weight is 407 g/mol. The SMILES string of the molecule is O=C(O)N1CC(Cn2c(=O)c(=O)[nH]c3c(F)c(Br)c(Cl)cc32)C1. The fourth-order valence-electron chi connectivity index (χ4n) is 2.59. The lowest BCUT2D eigenvalue weighted by Crippen LogP contribution is -2.52. The lowest BCUT2D eigenvalue weighted by molar-refractivity contribution is 0.0748. The number of hydrogen-bond donors (Lipinski definition) is 2. The summed E-state index contributed by atoms with van der Waals surface area (Å²) in [5.41, 5.74) is -1.74. The zero-order valence-electron chi connectivity index (χ0n) is 11.5. The summed E-state index contributed by atoms with van der Waals surface area (Å²) in [4.78, 5) is 38.0. The Kier molecular flexibility index (Phi) is 3.93. The molecule has 1 saturated heterocycles. The molecule has 1 aliphatic rings. The third kappa shape index (κ3) is 2.63. The van der Waals surface area contributed by atoms with Crippen LogP contribution in [0.1, 0.15) is 0 Å². The van der Waals surface area contributed by atoms with Crippen molar-refractivity contribution in [2.24, 2.45) is 5.92 Å². The van der Waals surface area contributed by atoms with Gasteiger partial charge in [-0.05, 0) is 22.0 Å². The Hall–Kier alpha value is -1.87. The van der Waals surface area contributed by atoms with Crippen molar-refractivity contribution in [1.82, 2.24) is 14.5 Å². The number of likely N-dealkylation sites (tertiary alicyclic amines) is 1. The maximum atomic E-state index is 14.2. The van der Waals surface area contributed by atoms with E-state index in [0.29, 0.717) is 0 Å². The minimum absolute atomic E-state index is 0.00629. The number of rotatable bonds is 2. The van der Waals surface area contributed by atoms with Gasteiger partial charge in [-0.2, -0.15) is 0 Å². The van der Waals surface area contributed by atoms with Crippen molar-refractivity contribution in [3.63, 3.8) is 0 Å². The molecule has 3 rings (SSSR count). The van der Waals surface area contributed by atoms with Gasteiger partial charge in [-0.25, -0.2) is 9.18 Å². The van der Waals surface area contributed by atoms with Crippen molar-refractivity contribution in [2.75, 3.05) is 13.1 Å². The highest BCUT2D eigenvalue weighted by Gasteiger charge is 2.31. The van der Waals surface area contributed by atoms with Crippen LogP contribution in [0.4, 0.5) is 9.18 Å². The molecule has 0 aliphatic carbocycles. The lowest BCUT2D eigenvalue weighted by atomic mass is 10.0. The summed E-state index contributed by atoms with van der Waals surface area (Å²) in [6, 6.07) is 1.38. The van der Waals surface area contributed by atoms with E-state index in [1.54, 1.807) is 0 Å². The largest absolute Gasteiger partial charge is 0.465 e. The number of aromatic amines is 1. The first-order valence-electron chi connectivity index (χ1n) is 6.57. The van der Waals surface area contributed by atoms with Crippen molar-refractivity contribution >= 4 is 44.7 Å². The van der Waals surface area contributed by atoms with E-state index in [9.17, 15) is 18.8 Å². The van der Waals surface area contributed by atoms with Gasteiger partial charge in [0.25, 0.3) is 0 Å². The molecule has 1 aromatic carbocycles. The van der Waals surface area contributed by atoms with Gasteiger partial charge in [0.2, 0.25) is 0 Å². The number of benzene rings is 1. The van der Waals surface area contributed by atoms with E-state index >= 15 is 0 Å². The molecule has 0 unspecified atom stereocenters. The maximum absolute atomic E-state index is 14.2. The zero-order valence-corrected chi connectivity index (χ0v) is 13.8. The van der Waals surface area contributed by atoms with Crippen molar-refractivity contribution in [3.8, 4) is 0 Å². The number of nitrogens with one attached hydrogen (secondary N) is 1. The second kappa shape index (κ2) is 5.64. The second-order valence-electron chi connectivity index (χ2n) is 5.30. The number of H-pyrrole nitrogens is 1. The molecule has 23 heavy (non-hydrogen) atoms. The first kappa shape index (κ1) is 16.0. The highest BCUT2D eigenvalue weighted by Crippen LogP contribution is 2.30. The van der Waals surface area contributed by atoms with E-state index in [1.807, 2.05) is 0 Å². The van der Waals surface area contributed by atoms with E-state index in [0.717, 1.165) is 4.57 Å². The highest BCUT2D eigenvalue weighted by atomic mass is 79.9. The number of fused-ring (bicyclic) bond motifs is 1. The quantitative estimate of drug-likeness (QED) is 0.588. The monoisotopic (exact) mass is 405 g/mol. The molecular formula is C13H10BrClFN3O4. The molecule has 7 nitrogen and oxygen atoms in total. The molecule has 1 aromatic heterocycles. The van der Waals surface area contributed by atoms with E-state index in [-0.39, 0.29) is 46.1 Å². The Morgan fingerprint density at radius 2 is 2.13 bits per heavy atom. The van der Waals surface area contributed by atoms with Gasteiger partial charge >= 0.3 is 17.2 Å². The zero-order chi connectivity index (χ0) is 16.9. The second-order valence-corrected chi connectivity index (χ2v) is 6.50. The van der Waals surface area contributed by atoms with Crippen LogP contribution in [0.2, 0.25) is 5.02 Å². The van der Waals surface area contributed by atoms with Crippen molar-refractivity contribution < 1.29 is 14.3 Å². The van der Waals surface area contributed by atoms with Gasteiger partial charge in [0.05, 0.1) is 15.0 Å². The van der Waals surface area contributed by atoms with Crippen molar-refractivity contribution in [1.29, 1.82) is 0 Å². The summed E-state index contributed by atoms with van der Waals surface area (Å²) in [5, 5.41) is 8.89. The molecule has 0 saturated carbocycles. The fourth-order valence-corrected chi connectivity index (χ4v) is 3.09. The average Bonchev–Trinajstić information content (AvgIpc) is 2.44. The lowest BCUT2D eigenvalue weighted by Gasteiger charge is -2.37. The fraction of sp³-hybridized carbons (Fsp3) is 0.308. The first-order chi connectivity index (χ1) is 10.8. The highest BCUT2D eigenvalue weighted by molar-refractivity contribution is 9.10. The molecule has 0 bridgehead atoms. The van der Waals surface area contributed by atoms with E-state index in [1.165, 1.54) is 11.0 Å². The number of nitrogens with zero attached hydrogens (tertiary/aromatic N) is 2. The molecule has 2 aromatic rings. The Morgan fingerprint density at radius 3 is 2.74 bits per heavy atom. The van der Waals surface area contributed by atoms with Gasteiger partial charge in [0.15, 0.2) is 5.82 Å². The van der Waals surface area contributed by atoms with Crippen LogP contribution < -0.4 is 11.1 Å². The Bertz CT molecular complexity index is 935. The van der Waals surface area contributed by atoms with Crippen LogP contribution in [0, 0.1) is 11.7 Å². The maximum Gasteiger partial charge on any atom is 0.407 e. The predicted molar refractivity (Wildman–Crippen MR) is 84.6 cm³/mol. The number of carboxylic acid groups (broad SMARTS) is 1. The molecule has 10 heteroatoms. The number of halogens is 3. The van der Waals surface area contributed by atoms with Crippen LogP contribution in [0.25, 0.3) is 11.0 Å². The summed E-state index contributed by atoms with van der Waals surface area (Å²) in [6.45, 7) is 0.617. The Morgan fingerprint density at radius 1 is 1.48 bits per heavy atom. The standard InChI is InChI=1S/C13H10BrClFN3O4/c14-8-6(15)1-7-10(9(8)16)17-11(20)12(21)19(7)4-5-2-18(3-5)13(22)23/h1,5H,2-4H2,(H,17,20)(H,22,23). The van der Waals surface area contributed by atoms with Gasteiger partial charge in [0, 0.05) is 25.6 Å². The van der Waals surface area contributed by atoms with Gasteiger partial charge in [-0.1, -0.05) is 11.6 Å². The van der Waals surface area contributed by atoms with Gasteiger partial charge in [-0.15, -0.1) is 0 Å². The molecular weight excluding hydrogens is 397 g/mol. The van der Waals surface area contributed by atoms with Gasteiger partial charge in [0.1, 0.15) is 5.52 Å². The van der Waals surface area contributed by atoms with Crippen LogP contribution in [0.15, 0.2) is 20.1 Å². The van der Waals surface area contributed by atoms with Crippen LogP contribution >= 0.6 is 27.5 Å². The minimum Gasteiger partial charge on any atom is -0.465 e. The molecule has 0 atom stereocenters. The molecule has 1 amide bonds. The predicted octanol–water partition coefficient (Wildman–Crippen LogP) is 1.85. The first-order valence-corrected chi connectivity index (χ1v) is 7.75. The van der Waals surface area contributed by atoms with Crippen LogP contribution in [0.5, 0.6) is 0 Å². The molecule has 1 aliphatic heterocycles. The summed E-state index contributed by atoms with van der Waals surface area (Å²) < 4.78 is 15.4. The molecule has 2 heterocycles. The number of aromatic nitrogens is 2. The molecule has 2 N–H and O–H groups in total. The third-order valence-electron chi connectivity index (χ3n) is 3.78. The van der Waals surface area contributed by atoms with E-state index < -0.39 is 23.0 Å². The topological polar surface area (TPSA) is 95.4 Å². The van der Waals surface area contributed by atoms with Crippen molar-refractivity contribution in [2.45, 2.75) is 6.54 Å². The number of amides is 1. The number of carbonyl (C=O) groups is 1. The molecule has 0 spiro atoms. The van der Waals surface area contributed by atoms with Crippen LogP contribution in [-0.4, -0.2) is 38.7 Å². The van der Waals surface area contributed by atoms with E-state index in [4.69, 9.17) is 16.7 Å². The Labute approximate surface area is 141 Å². The third-order valence-corrected chi connectivity index (χ3v) is 5.08. The normalized spacial score (nSPS) is 15.0. The van der Waals surface area contributed by atoms with Crippen LogP contribution in [0.3, 0.4) is 0 Å².